The van der Waals surface area contributed by atoms with Gasteiger partial charge in [-0.15, -0.1) is 0 Å². The molecule has 44 heavy (non-hydrogen) atoms. The van der Waals surface area contributed by atoms with Gasteiger partial charge in [-0.1, -0.05) is 31.4 Å². The molecule has 3 aliphatic heterocycles. The Balaban J connectivity index is 1.44. The lowest BCUT2D eigenvalue weighted by atomic mass is 10.0. The third-order valence-corrected chi connectivity index (χ3v) is 7.83. The molecule has 3 aliphatic rings. The molecule has 0 saturated carbocycles. The molecule has 0 spiro atoms. The summed E-state index contributed by atoms with van der Waals surface area (Å²) in [4.78, 5) is 43.3. The van der Waals surface area contributed by atoms with Crippen molar-refractivity contribution in [1.82, 2.24) is 9.80 Å². The highest BCUT2D eigenvalue weighted by Crippen LogP contribution is 2.39. The molecule has 0 N–H and O–H groups in total. The Morgan fingerprint density at radius 1 is 0.795 bits per heavy atom. The minimum absolute atomic E-state index is 0.0501. The Hall–Kier alpha value is -4.58. The van der Waals surface area contributed by atoms with Crippen LogP contribution in [0.5, 0.6) is 5.75 Å². The van der Waals surface area contributed by atoms with Crippen molar-refractivity contribution in [3.8, 4) is 5.75 Å². The molecule has 5 rings (SSSR count). The molecule has 0 aliphatic carbocycles. The van der Waals surface area contributed by atoms with Gasteiger partial charge in [-0.25, -0.2) is 13.2 Å². The molecular weight excluding hydrogens is 577 g/mol. The number of halogens is 3. The van der Waals surface area contributed by atoms with Gasteiger partial charge in [0.25, 0.3) is 0 Å². The molecule has 3 saturated heterocycles. The summed E-state index contributed by atoms with van der Waals surface area (Å²) in [7, 11) is 0. The van der Waals surface area contributed by atoms with Gasteiger partial charge in [-0.2, -0.15) is 0 Å². The smallest absolute Gasteiger partial charge is 0.246 e. The van der Waals surface area contributed by atoms with E-state index in [2.05, 4.69) is 13.2 Å². The van der Waals surface area contributed by atoms with Gasteiger partial charge < -0.3 is 29.1 Å². The van der Waals surface area contributed by atoms with Gasteiger partial charge in [-0.3, -0.25) is 14.4 Å². The van der Waals surface area contributed by atoms with Crippen molar-refractivity contribution >= 4 is 35.0 Å². The topological polar surface area (TPSA) is 85.9 Å². The summed E-state index contributed by atoms with van der Waals surface area (Å²) in [6, 6.07) is 6.81. The first-order valence-corrected chi connectivity index (χ1v) is 14.3. The molecule has 12 heteroatoms. The number of ether oxygens (including phenoxy) is 2. The number of carbonyl (C=O) groups is 3. The first kappa shape index (κ1) is 30.9. The summed E-state index contributed by atoms with van der Waals surface area (Å²) < 4.78 is 58.7. The number of hydrogen-bond acceptors (Lipinski definition) is 7. The number of hydrogen-bond donors (Lipinski definition) is 0. The van der Waals surface area contributed by atoms with E-state index in [0.717, 1.165) is 12.2 Å². The largest absolute Gasteiger partial charge is 0.491 e. The molecule has 2 aromatic carbocycles. The third kappa shape index (κ3) is 6.65. The number of ketones is 1. The average Bonchev–Trinajstić information content (AvgIpc) is 3.89. The van der Waals surface area contributed by atoms with E-state index >= 15 is 13.2 Å². The zero-order valence-electron chi connectivity index (χ0n) is 24.1. The third-order valence-electron chi connectivity index (χ3n) is 7.83. The fourth-order valence-electron chi connectivity index (χ4n) is 5.28. The molecule has 2 amide bonds. The van der Waals surface area contributed by atoms with E-state index in [1.165, 1.54) is 31.8 Å². The van der Waals surface area contributed by atoms with E-state index < -0.39 is 34.5 Å². The number of nitrogens with zero attached hydrogens (tertiary/aromatic N) is 4. The van der Waals surface area contributed by atoms with E-state index in [4.69, 9.17) is 9.47 Å². The molecule has 0 bridgehead atoms. The molecule has 0 aromatic heterocycles. The van der Waals surface area contributed by atoms with Gasteiger partial charge in [0.15, 0.2) is 23.2 Å². The molecule has 232 valence electrons. The number of epoxide rings is 1. The summed E-state index contributed by atoms with van der Waals surface area (Å²) in [5.41, 5.74) is -1.10. The Kier molecular flexibility index (Phi) is 9.38. The quantitative estimate of drug-likeness (QED) is 0.176. The summed E-state index contributed by atoms with van der Waals surface area (Å²) in [5.74, 6) is -4.94. The van der Waals surface area contributed by atoms with Crippen LogP contribution in [-0.2, 0) is 14.3 Å². The standard InChI is InChI=1S/C32H33F3N4O5/c1-3-25(41)36-11-15-38(16-12-36)31-27(24(40)10-7-21-5-8-22(9-6-21)43-19-23-20-44-23)28(33)29(34)32(30(31)35)39-17-13-37(14-18-39)26(42)4-2/h3-10,23H,1-2,11-20H2. The van der Waals surface area contributed by atoms with Crippen molar-refractivity contribution in [2.75, 3.05) is 75.4 Å². The average molecular weight is 611 g/mol. The lowest BCUT2D eigenvalue weighted by Crippen LogP contribution is -2.50. The van der Waals surface area contributed by atoms with Gasteiger partial charge in [0.2, 0.25) is 11.8 Å². The van der Waals surface area contributed by atoms with Crippen LogP contribution in [0.1, 0.15) is 15.9 Å². The van der Waals surface area contributed by atoms with Crippen molar-refractivity contribution in [3.63, 3.8) is 0 Å². The van der Waals surface area contributed by atoms with E-state index in [1.807, 2.05) is 0 Å². The zero-order valence-corrected chi connectivity index (χ0v) is 24.1. The van der Waals surface area contributed by atoms with E-state index in [0.29, 0.717) is 24.5 Å². The van der Waals surface area contributed by atoms with Crippen LogP contribution in [0.4, 0.5) is 24.5 Å². The van der Waals surface area contributed by atoms with Crippen molar-refractivity contribution in [2.45, 2.75) is 6.10 Å². The minimum Gasteiger partial charge on any atom is -0.491 e. The lowest BCUT2D eigenvalue weighted by molar-refractivity contribution is -0.127. The molecule has 1 atom stereocenters. The van der Waals surface area contributed by atoms with Gasteiger partial charge in [0, 0.05) is 52.4 Å². The van der Waals surface area contributed by atoms with Crippen LogP contribution >= 0.6 is 0 Å². The van der Waals surface area contributed by atoms with Crippen molar-refractivity contribution in [3.05, 3.63) is 84.2 Å². The summed E-state index contributed by atoms with van der Waals surface area (Å²) in [6.45, 7) is 8.97. The molecule has 3 heterocycles. The lowest BCUT2D eigenvalue weighted by Gasteiger charge is -2.39. The van der Waals surface area contributed by atoms with Crippen LogP contribution in [0.15, 0.2) is 55.7 Å². The fourth-order valence-corrected chi connectivity index (χ4v) is 5.28. The normalized spacial score (nSPS) is 18.4. The fraction of sp³-hybridized carbons (Fsp3) is 0.344. The van der Waals surface area contributed by atoms with Gasteiger partial charge in [-0.05, 0) is 35.9 Å². The second kappa shape index (κ2) is 13.4. The van der Waals surface area contributed by atoms with Crippen LogP contribution in [0.2, 0.25) is 0 Å². The summed E-state index contributed by atoms with van der Waals surface area (Å²) >= 11 is 0. The number of anilines is 2. The van der Waals surface area contributed by atoms with Gasteiger partial charge >= 0.3 is 0 Å². The maximum Gasteiger partial charge on any atom is 0.246 e. The number of benzene rings is 2. The highest BCUT2D eigenvalue weighted by molar-refractivity contribution is 6.11. The Labute approximate surface area is 253 Å². The number of rotatable bonds is 10. The molecular formula is C32H33F3N4O5. The summed E-state index contributed by atoms with van der Waals surface area (Å²) in [5, 5.41) is 0. The molecule has 3 fully saturated rings. The first-order chi connectivity index (χ1) is 21.2. The Morgan fingerprint density at radius 2 is 1.32 bits per heavy atom. The number of piperazine rings is 2. The number of allylic oxidation sites excluding steroid dienone is 1. The highest BCUT2D eigenvalue weighted by Gasteiger charge is 2.35. The number of carbonyl (C=O) groups excluding carboxylic acids is 3. The second-order valence-corrected chi connectivity index (χ2v) is 10.6. The Bertz CT molecular complexity index is 1480. The van der Waals surface area contributed by atoms with E-state index in [1.54, 1.807) is 24.3 Å². The molecule has 9 nitrogen and oxygen atoms in total. The maximum atomic E-state index is 16.4. The van der Waals surface area contributed by atoms with Crippen LogP contribution < -0.4 is 14.5 Å². The van der Waals surface area contributed by atoms with E-state index in [9.17, 15) is 14.4 Å². The minimum atomic E-state index is -1.48. The van der Waals surface area contributed by atoms with Crippen LogP contribution in [0, 0.1) is 17.5 Å². The number of amides is 2. The SMILES string of the molecule is C=CC(=O)N1CCN(c2c(F)c(F)c(C(=O)C=Cc3ccc(OCC4CO4)cc3)c(N3CCN(C(=O)C=C)CC3)c2F)CC1. The van der Waals surface area contributed by atoms with Crippen LogP contribution in [0.25, 0.3) is 6.08 Å². The van der Waals surface area contributed by atoms with E-state index in [-0.39, 0.29) is 76.0 Å². The van der Waals surface area contributed by atoms with Crippen LogP contribution in [-0.4, -0.2) is 99.1 Å². The van der Waals surface area contributed by atoms with Crippen molar-refractivity contribution < 1.29 is 37.0 Å². The monoisotopic (exact) mass is 610 g/mol. The highest BCUT2D eigenvalue weighted by atomic mass is 19.2. The predicted molar refractivity (Wildman–Crippen MR) is 159 cm³/mol. The molecule has 1 unspecified atom stereocenters. The first-order valence-electron chi connectivity index (χ1n) is 14.3. The second-order valence-electron chi connectivity index (χ2n) is 10.6. The van der Waals surface area contributed by atoms with Crippen molar-refractivity contribution in [1.29, 1.82) is 0 Å². The van der Waals surface area contributed by atoms with Gasteiger partial charge in [0.1, 0.15) is 24.1 Å². The van der Waals surface area contributed by atoms with Crippen LogP contribution in [0.3, 0.4) is 0 Å². The predicted octanol–water partition coefficient (Wildman–Crippen LogP) is 3.45. The maximum absolute atomic E-state index is 16.4. The summed E-state index contributed by atoms with van der Waals surface area (Å²) in [6.07, 6.45) is 4.93. The van der Waals surface area contributed by atoms with Gasteiger partial charge in [0.05, 0.1) is 17.9 Å². The Morgan fingerprint density at radius 3 is 1.82 bits per heavy atom. The molecule has 0 radical (unpaired) electrons. The molecule has 2 aromatic rings. The zero-order chi connectivity index (χ0) is 31.4. The van der Waals surface area contributed by atoms with Crippen molar-refractivity contribution in [2.24, 2.45) is 0 Å².